The molecule has 0 aliphatic heterocycles. The van der Waals surface area contributed by atoms with Crippen molar-refractivity contribution >= 4 is 42.2 Å². The van der Waals surface area contributed by atoms with Crippen molar-refractivity contribution in [3.8, 4) is 0 Å². The highest BCUT2D eigenvalue weighted by Gasteiger charge is 2.30. The van der Waals surface area contributed by atoms with Crippen LogP contribution < -0.4 is 5.32 Å². The van der Waals surface area contributed by atoms with Gasteiger partial charge in [0.25, 0.3) is 0 Å². The number of nitro benzene ring substituents is 1. The highest BCUT2D eigenvalue weighted by Crippen LogP contribution is 2.44. The Kier molecular flexibility index (Phi) is 32.1. The summed E-state index contributed by atoms with van der Waals surface area (Å²) in [6.45, 7) is 3.54. The lowest BCUT2D eigenvalue weighted by Crippen LogP contribution is -2.27. The van der Waals surface area contributed by atoms with E-state index in [0.717, 1.165) is 38.5 Å². The van der Waals surface area contributed by atoms with E-state index in [1.54, 1.807) is 0 Å². The molecule has 0 saturated carbocycles. The van der Waals surface area contributed by atoms with Crippen molar-refractivity contribution in [2.45, 2.75) is 226 Å². The molecule has 1 aromatic heterocycles. The molecule has 2 atom stereocenters. The van der Waals surface area contributed by atoms with Crippen LogP contribution in [0.3, 0.4) is 0 Å². The fourth-order valence-corrected chi connectivity index (χ4v) is 8.26. The highest BCUT2D eigenvalue weighted by atomic mass is 31.2. The van der Waals surface area contributed by atoms with Crippen LogP contribution in [0.25, 0.3) is 11.0 Å². The average molecular weight is 897 g/mol. The van der Waals surface area contributed by atoms with Crippen LogP contribution in [-0.4, -0.2) is 58.1 Å². The van der Waals surface area contributed by atoms with E-state index in [-0.39, 0.29) is 42.7 Å². The van der Waals surface area contributed by atoms with Gasteiger partial charge in [-0.05, 0) is 29.2 Å². The molecule has 0 amide bonds. The molecule has 0 bridgehead atoms. The van der Waals surface area contributed by atoms with E-state index < -0.39 is 37.6 Å². The summed E-state index contributed by atoms with van der Waals surface area (Å²) in [4.78, 5) is 46.6. The Morgan fingerprint density at radius 1 is 0.677 bits per heavy atom. The molecule has 0 saturated heterocycles. The zero-order chi connectivity index (χ0) is 44.9. The number of phosphoric acid groups is 1. The van der Waals surface area contributed by atoms with Crippen molar-refractivity contribution in [3.05, 3.63) is 22.2 Å². The monoisotopic (exact) mass is 897 g/mol. The van der Waals surface area contributed by atoms with E-state index in [2.05, 4.69) is 34.1 Å². The number of benzene rings is 1. The van der Waals surface area contributed by atoms with Gasteiger partial charge in [-0.25, -0.2) is 13.7 Å². The van der Waals surface area contributed by atoms with Gasteiger partial charge >= 0.3 is 25.4 Å². The summed E-state index contributed by atoms with van der Waals surface area (Å²) in [5.74, 6) is -1.14. The van der Waals surface area contributed by atoms with Crippen molar-refractivity contribution in [1.82, 2.24) is 10.3 Å². The Morgan fingerprint density at radius 3 is 1.55 bits per heavy atom. The van der Waals surface area contributed by atoms with E-state index in [1.807, 2.05) is 0 Å². The number of hydrogen-bond donors (Lipinski definition) is 2. The van der Waals surface area contributed by atoms with Gasteiger partial charge in [0.15, 0.2) is 12.1 Å². The van der Waals surface area contributed by atoms with Gasteiger partial charge in [-0.3, -0.25) is 24.2 Å². The Bertz CT molecular complexity index is 1510. The lowest BCUT2D eigenvalue weighted by Gasteiger charge is -2.21. The first-order chi connectivity index (χ1) is 30.2. The third kappa shape index (κ3) is 27.8. The Labute approximate surface area is 371 Å². The number of esters is 2. The minimum atomic E-state index is -4.80. The summed E-state index contributed by atoms with van der Waals surface area (Å²) in [5, 5.41) is 21.5. The van der Waals surface area contributed by atoms with Gasteiger partial charge in [0.2, 0.25) is 11.8 Å². The number of phosphoric ester groups is 1. The molecule has 356 valence electrons. The van der Waals surface area contributed by atoms with E-state index >= 15 is 0 Å². The minimum absolute atomic E-state index is 0.0361. The van der Waals surface area contributed by atoms with Gasteiger partial charge < -0.3 is 19.7 Å². The number of nitrogens with one attached hydrogen (secondary N) is 1. The zero-order valence-corrected chi connectivity index (χ0v) is 39.2. The number of non-ortho nitro benzene ring substituents is 1. The van der Waals surface area contributed by atoms with Crippen LogP contribution in [0.15, 0.2) is 16.8 Å². The number of carbonyl (C=O) groups excluding carboxylic acids is 2. The predicted molar refractivity (Wildman–Crippen MR) is 244 cm³/mol. The third-order valence-corrected chi connectivity index (χ3v) is 12.1. The van der Waals surface area contributed by atoms with Crippen molar-refractivity contribution < 1.29 is 47.1 Å². The van der Waals surface area contributed by atoms with Crippen LogP contribution >= 0.6 is 7.82 Å². The number of nitrogens with zero attached hydrogens (tertiary/aromatic N) is 3. The van der Waals surface area contributed by atoms with E-state index in [1.165, 1.54) is 153 Å². The standard InChI is InChI=1S/C46H81N4O11P/c1-3-5-7-9-11-13-15-17-19-21-23-25-27-29-31-33-42(51)57-39-44(59-43(52)34-32-30-28-26-24-22-20-18-16-14-12-10-8-6-4-2)60-62(55,56)58-38-37-47-40-35-36-41(50(53)54)46-45(40)48-61-49-46/h35-36,44,47H,3-34,37-39H2,1-2H3,(H,55,56). The topological polar surface area (TPSA) is 202 Å². The molecule has 0 radical (unpaired) electrons. The van der Waals surface area contributed by atoms with Crippen molar-refractivity contribution in [1.29, 1.82) is 0 Å². The lowest BCUT2D eigenvalue weighted by atomic mass is 10.0. The van der Waals surface area contributed by atoms with Gasteiger partial charge in [-0.2, -0.15) is 0 Å². The van der Waals surface area contributed by atoms with Gasteiger partial charge in [-0.1, -0.05) is 194 Å². The SMILES string of the molecule is CCCCCCCCCCCCCCCCCC(=O)OCC(OC(=O)CCCCCCCCCCCCCCCCC)OP(=O)(O)OCCNc1ccc([N+](=O)[O-])c2nonc12. The number of rotatable bonds is 43. The summed E-state index contributed by atoms with van der Waals surface area (Å²) >= 11 is 0. The first kappa shape index (κ1) is 55.0. The van der Waals surface area contributed by atoms with Crippen LogP contribution in [0.1, 0.15) is 219 Å². The van der Waals surface area contributed by atoms with Gasteiger partial charge in [0.1, 0.15) is 0 Å². The molecular formula is C46H81N4O11P. The maximum Gasteiger partial charge on any atom is 0.475 e. The van der Waals surface area contributed by atoms with Crippen LogP contribution in [-0.2, 0) is 32.7 Å². The van der Waals surface area contributed by atoms with Crippen molar-refractivity contribution in [3.63, 3.8) is 0 Å². The number of unbranched alkanes of at least 4 members (excludes halogenated alkanes) is 28. The largest absolute Gasteiger partial charge is 0.475 e. The molecule has 0 spiro atoms. The summed E-state index contributed by atoms with van der Waals surface area (Å²) in [6, 6.07) is 2.64. The second-order valence-electron chi connectivity index (χ2n) is 16.7. The maximum atomic E-state index is 12.9. The normalized spacial score (nSPS) is 13.0. The fraction of sp³-hybridized carbons (Fsp3) is 0.826. The second-order valence-corrected chi connectivity index (χ2v) is 18.1. The van der Waals surface area contributed by atoms with E-state index in [4.69, 9.17) is 18.5 Å². The molecule has 0 fully saturated rings. The second kappa shape index (κ2) is 36.2. The van der Waals surface area contributed by atoms with Crippen molar-refractivity contribution in [2.24, 2.45) is 0 Å². The number of nitro groups is 1. The predicted octanol–water partition coefficient (Wildman–Crippen LogP) is 13.6. The zero-order valence-electron chi connectivity index (χ0n) is 38.3. The average Bonchev–Trinajstić information content (AvgIpc) is 3.75. The Hall–Kier alpha value is -3.13. The van der Waals surface area contributed by atoms with Gasteiger partial charge in [0, 0.05) is 25.5 Å². The minimum Gasteiger partial charge on any atom is -0.459 e. The quantitative estimate of drug-likeness (QED) is 0.0159. The van der Waals surface area contributed by atoms with Crippen LogP contribution in [0.4, 0.5) is 11.4 Å². The van der Waals surface area contributed by atoms with Crippen LogP contribution in [0.5, 0.6) is 0 Å². The van der Waals surface area contributed by atoms with Gasteiger partial charge in [-0.15, -0.1) is 0 Å². The third-order valence-electron chi connectivity index (χ3n) is 11.1. The molecule has 0 aliphatic carbocycles. The first-order valence-corrected chi connectivity index (χ1v) is 25.8. The molecule has 16 heteroatoms. The molecule has 1 heterocycles. The molecule has 2 aromatic rings. The summed E-state index contributed by atoms with van der Waals surface area (Å²) in [6.07, 6.45) is 34.7. The number of aromatic nitrogens is 2. The van der Waals surface area contributed by atoms with Crippen LogP contribution in [0.2, 0.25) is 0 Å². The molecular weight excluding hydrogens is 815 g/mol. The highest BCUT2D eigenvalue weighted by molar-refractivity contribution is 7.47. The molecule has 62 heavy (non-hydrogen) atoms. The van der Waals surface area contributed by atoms with E-state index in [0.29, 0.717) is 18.5 Å². The first-order valence-electron chi connectivity index (χ1n) is 24.3. The molecule has 2 unspecified atom stereocenters. The van der Waals surface area contributed by atoms with Crippen molar-refractivity contribution in [2.75, 3.05) is 25.1 Å². The molecule has 2 rings (SSSR count). The maximum absolute atomic E-state index is 12.9. The van der Waals surface area contributed by atoms with E-state index in [9.17, 15) is 29.2 Å². The Balaban J connectivity index is 1.71. The molecule has 2 N–H and O–H groups in total. The number of fused-ring (bicyclic) bond motifs is 1. The Morgan fingerprint density at radius 2 is 1.10 bits per heavy atom. The summed E-state index contributed by atoms with van der Waals surface area (Å²) in [5.41, 5.74) is 0.0952. The van der Waals surface area contributed by atoms with Gasteiger partial charge in [0.05, 0.1) is 17.2 Å². The molecule has 1 aromatic carbocycles. The van der Waals surface area contributed by atoms with Crippen LogP contribution in [0, 0.1) is 10.1 Å². The summed E-state index contributed by atoms with van der Waals surface area (Å²) in [7, 11) is -4.80. The number of anilines is 1. The molecule has 0 aliphatic rings. The molecule has 15 nitrogen and oxygen atoms in total. The fourth-order valence-electron chi connectivity index (χ4n) is 7.48. The smallest absolute Gasteiger partial charge is 0.459 e. The number of ether oxygens (including phenoxy) is 2. The number of hydrogen-bond acceptors (Lipinski definition) is 13. The lowest BCUT2D eigenvalue weighted by molar-refractivity contribution is -0.383. The summed E-state index contributed by atoms with van der Waals surface area (Å²) < 4.78 is 38.6. The number of carbonyl (C=O) groups is 2.